The Labute approximate surface area is 237 Å². The summed E-state index contributed by atoms with van der Waals surface area (Å²) < 4.78 is 13.2. The van der Waals surface area contributed by atoms with Crippen LogP contribution in [0.4, 0.5) is 0 Å². The molecule has 9 aliphatic rings. The third kappa shape index (κ3) is 4.07. The fraction of sp³-hybridized carbons (Fsp3) is 0.676. The summed E-state index contributed by atoms with van der Waals surface area (Å²) in [5.41, 5.74) is 2.71. The number of esters is 2. The SMILES string of the molecule is CC1=C(C(=O)OC23CC4CC(CC(C4)C2)C3)C(c2cccnc2)C(C(=O)OC23CC4CC(CC(C4)C2)C3)=C(C)N1. The highest BCUT2D eigenvalue weighted by Gasteiger charge is 2.56. The van der Waals surface area contributed by atoms with Crippen molar-refractivity contribution in [3.8, 4) is 0 Å². The van der Waals surface area contributed by atoms with Crippen molar-refractivity contribution in [1.29, 1.82) is 0 Å². The Morgan fingerprint density at radius 2 is 1.12 bits per heavy atom. The summed E-state index contributed by atoms with van der Waals surface area (Å²) in [4.78, 5) is 32.9. The molecule has 8 fully saturated rings. The van der Waals surface area contributed by atoms with Crippen molar-refractivity contribution >= 4 is 11.9 Å². The molecule has 0 amide bonds. The molecule has 0 unspecified atom stereocenters. The lowest BCUT2D eigenvalue weighted by molar-refractivity contribution is -0.183. The van der Waals surface area contributed by atoms with Gasteiger partial charge in [0.05, 0.1) is 17.1 Å². The number of nitrogens with one attached hydrogen (secondary N) is 1. The number of carbonyl (C=O) groups is 2. The number of dihydropyridines is 1. The molecule has 0 atom stereocenters. The highest BCUT2D eigenvalue weighted by molar-refractivity contribution is 6.00. The Morgan fingerprint density at radius 1 is 0.725 bits per heavy atom. The van der Waals surface area contributed by atoms with Crippen LogP contribution in [0.15, 0.2) is 47.1 Å². The largest absolute Gasteiger partial charge is 0.456 e. The van der Waals surface area contributed by atoms with E-state index < -0.39 is 5.92 Å². The van der Waals surface area contributed by atoms with Crippen LogP contribution in [0, 0.1) is 35.5 Å². The third-order valence-electron chi connectivity index (χ3n) is 11.8. The number of hydrogen-bond donors (Lipinski definition) is 1. The van der Waals surface area contributed by atoms with E-state index in [9.17, 15) is 9.59 Å². The molecule has 2 heterocycles. The average molecular weight is 543 g/mol. The average Bonchev–Trinajstić information content (AvgIpc) is 2.86. The van der Waals surface area contributed by atoms with Crippen LogP contribution in [0.2, 0.25) is 0 Å². The molecule has 8 saturated carbocycles. The smallest absolute Gasteiger partial charge is 0.337 e. The molecule has 8 aliphatic carbocycles. The molecule has 1 N–H and O–H groups in total. The van der Waals surface area contributed by atoms with Crippen molar-refractivity contribution < 1.29 is 19.1 Å². The molecule has 0 aromatic carbocycles. The van der Waals surface area contributed by atoms with E-state index in [0.717, 1.165) is 55.5 Å². The first-order valence-corrected chi connectivity index (χ1v) is 15.8. The predicted molar refractivity (Wildman–Crippen MR) is 150 cm³/mol. The van der Waals surface area contributed by atoms with Crippen molar-refractivity contribution in [2.45, 2.75) is 108 Å². The first kappa shape index (κ1) is 25.1. The number of pyridine rings is 1. The Balaban J connectivity index is 1.12. The van der Waals surface area contributed by atoms with Crippen molar-refractivity contribution in [2.75, 3.05) is 0 Å². The van der Waals surface area contributed by atoms with Crippen molar-refractivity contribution in [3.63, 3.8) is 0 Å². The van der Waals surface area contributed by atoms with Gasteiger partial charge >= 0.3 is 11.9 Å². The lowest BCUT2D eigenvalue weighted by Crippen LogP contribution is -2.53. The Morgan fingerprint density at radius 3 is 1.48 bits per heavy atom. The number of rotatable bonds is 5. The highest BCUT2D eigenvalue weighted by Crippen LogP contribution is 2.59. The van der Waals surface area contributed by atoms with Crippen LogP contribution in [0.25, 0.3) is 0 Å². The molecule has 6 heteroatoms. The molecule has 1 aromatic heterocycles. The molecule has 0 radical (unpaired) electrons. The van der Waals surface area contributed by atoms with Crippen LogP contribution in [-0.4, -0.2) is 28.1 Å². The van der Waals surface area contributed by atoms with Crippen LogP contribution in [0.3, 0.4) is 0 Å². The maximum Gasteiger partial charge on any atom is 0.337 e. The standard InChI is InChI=1S/C34H42N2O4/c1-19-28(31(37)39-33-12-21-6-22(13-33)8-23(7-21)14-33)30(27-4-3-5-35-18-27)29(20(2)36-19)32(38)40-34-15-24-9-25(16-34)11-26(10-24)17-34/h3-5,18,21-26,30,36H,6-17H2,1-2H3. The summed E-state index contributed by atoms with van der Waals surface area (Å²) in [6.45, 7) is 3.87. The van der Waals surface area contributed by atoms with Gasteiger partial charge in [-0.15, -0.1) is 0 Å². The van der Waals surface area contributed by atoms with Gasteiger partial charge in [0.2, 0.25) is 0 Å². The van der Waals surface area contributed by atoms with Gasteiger partial charge in [-0.3, -0.25) is 4.98 Å². The van der Waals surface area contributed by atoms with Gasteiger partial charge in [0.25, 0.3) is 0 Å². The van der Waals surface area contributed by atoms with E-state index >= 15 is 0 Å². The van der Waals surface area contributed by atoms with Crippen LogP contribution in [-0.2, 0) is 19.1 Å². The van der Waals surface area contributed by atoms with Crippen molar-refractivity contribution in [3.05, 3.63) is 52.6 Å². The van der Waals surface area contributed by atoms with Gasteiger partial charge in [0, 0.05) is 23.8 Å². The van der Waals surface area contributed by atoms with Crippen LogP contribution in [0.1, 0.15) is 102 Å². The number of allylic oxidation sites excluding steroid dienone is 2. The van der Waals surface area contributed by atoms with Gasteiger partial charge in [-0.1, -0.05) is 6.07 Å². The van der Waals surface area contributed by atoms with Gasteiger partial charge in [-0.2, -0.15) is 0 Å². The third-order valence-corrected chi connectivity index (χ3v) is 11.8. The summed E-state index contributed by atoms with van der Waals surface area (Å²) in [5.74, 6) is 2.96. The van der Waals surface area contributed by atoms with Gasteiger partial charge in [-0.05, 0) is 138 Å². The molecule has 10 rings (SSSR count). The minimum absolute atomic E-state index is 0.284. The topological polar surface area (TPSA) is 77.5 Å². The van der Waals surface area contributed by atoms with Gasteiger partial charge < -0.3 is 14.8 Å². The Hall–Kier alpha value is -2.63. The fourth-order valence-electron chi connectivity index (χ4n) is 11.2. The zero-order valence-corrected chi connectivity index (χ0v) is 23.9. The maximum atomic E-state index is 14.2. The van der Waals surface area contributed by atoms with Crippen LogP contribution < -0.4 is 5.32 Å². The maximum absolute atomic E-state index is 14.2. The summed E-state index contributed by atoms with van der Waals surface area (Å²) in [6, 6.07) is 3.85. The number of aromatic nitrogens is 1. The second kappa shape index (κ2) is 8.93. The number of carbonyl (C=O) groups excluding carboxylic acids is 2. The fourth-order valence-corrected chi connectivity index (χ4v) is 11.2. The van der Waals surface area contributed by atoms with Gasteiger partial charge in [-0.25, -0.2) is 9.59 Å². The number of ether oxygens (including phenoxy) is 2. The molecular formula is C34H42N2O4. The molecule has 212 valence electrons. The summed E-state index contributed by atoms with van der Waals surface area (Å²) in [5, 5.41) is 3.39. The lowest BCUT2D eigenvalue weighted by atomic mass is 9.54. The van der Waals surface area contributed by atoms with Gasteiger partial charge in [0.15, 0.2) is 0 Å². The van der Waals surface area contributed by atoms with E-state index in [-0.39, 0.29) is 23.1 Å². The van der Waals surface area contributed by atoms with Crippen molar-refractivity contribution in [1.82, 2.24) is 10.3 Å². The monoisotopic (exact) mass is 542 g/mol. The summed E-state index contributed by atoms with van der Waals surface area (Å²) >= 11 is 0. The Kier molecular flexibility index (Phi) is 5.61. The zero-order chi connectivity index (χ0) is 27.2. The van der Waals surface area contributed by atoms with Crippen molar-refractivity contribution in [2.24, 2.45) is 35.5 Å². The predicted octanol–water partition coefficient (Wildman–Crippen LogP) is 6.34. The molecule has 0 spiro atoms. The van der Waals surface area contributed by atoms with E-state index in [1.54, 1.807) is 12.4 Å². The van der Waals surface area contributed by atoms with Gasteiger partial charge in [0.1, 0.15) is 11.2 Å². The zero-order valence-electron chi connectivity index (χ0n) is 23.9. The second-order valence-corrected chi connectivity index (χ2v) is 14.9. The van der Waals surface area contributed by atoms with E-state index in [2.05, 4.69) is 10.3 Å². The molecule has 1 aliphatic heterocycles. The van der Waals surface area contributed by atoms with E-state index in [1.165, 1.54) is 38.5 Å². The first-order chi connectivity index (χ1) is 19.3. The minimum atomic E-state index is -0.558. The molecular weight excluding hydrogens is 500 g/mol. The van der Waals surface area contributed by atoms with E-state index in [4.69, 9.17) is 9.47 Å². The normalized spacial score (nSPS) is 42.7. The molecule has 40 heavy (non-hydrogen) atoms. The van der Waals surface area contributed by atoms with Crippen LogP contribution >= 0.6 is 0 Å². The second-order valence-electron chi connectivity index (χ2n) is 14.9. The van der Waals surface area contributed by atoms with E-state index in [1.807, 2.05) is 26.0 Å². The summed E-state index contributed by atoms with van der Waals surface area (Å²) in [6.07, 6.45) is 17.2. The van der Waals surface area contributed by atoms with E-state index in [0.29, 0.717) is 46.7 Å². The highest BCUT2D eigenvalue weighted by atomic mass is 16.6. The molecule has 1 aromatic rings. The van der Waals surface area contributed by atoms with Crippen LogP contribution in [0.5, 0.6) is 0 Å². The molecule has 6 nitrogen and oxygen atoms in total. The molecule has 0 saturated heterocycles. The quantitative estimate of drug-likeness (QED) is 0.438. The summed E-state index contributed by atoms with van der Waals surface area (Å²) in [7, 11) is 0. The Bertz CT molecular complexity index is 1160. The minimum Gasteiger partial charge on any atom is -0.456 e. The first-order valence-electron chi connectivity index (χ1n) is 15.8. The number of nitrogens with zero attached hydrogens (tertiary/aromatic N) is 1. The lowest BCUT2D eigenvalue weighted by Gasteiger charge is -2.56. The molecule has 8 bridgehead atoms. The number of hydrogen-bond acceptors (Lipinski definition) is 6.